The third kappa shape index (κ3) is 4.28. The second-order valence-corrected chi connectivity index (χ2v) is 8.86. The zero-order valence-electron chi connectivity index (χ0n) is 19.4. The Morgan fingerprint density at radius 3 is 2.85 bits per heavy atom. The molecule has 0 atom stereocenters. The number of rotatable bonds is 7. The van der Waals surface area contributed by atoms with Crippen LogP contribution in [0.15, 0.2) is 57.5 Å². The molecule has 0 aliphatic heterocycles. The highest BCUT2D eigenvalue weighted by atomic mass is 16.4. The van der Waals surface area contributed by atoms with Crippen molar-refractivity contribution in [3.05, 3.63) is 70.1 Å². The monoisotopic (exact) mass is 443 g/mol. The van der Waals surface area contributed by atoms with Gasteiger partial charge in [0.25, 0.3) is 5.56 Å². The van der Waals surface area contributed by atoms with E-state index in [1.807, 2.05) is 35.1 Å². The Kier molecular flexibility index (Phi) is 5.72. The van der Waals surface area contributed by atoms with E-state index >= 15 is 0 Å². The predicted molar refractivity (Wildman–Crippen MR) is 131 cm³/mol. The summed E-state index contributed by atoms with van der Waals surface area (Å²) in [5, 5.41) is 5.57. The first-order valence-corrected chi connectivity index (χ1v) is 11.6. The van der Waals surface area contributed by atoms with E-state index in [0.29, 0.717) is 11.5 Å². The minimum Gasteiger partial charge on any atom is -0.441 e. The number of aryl methyl sites for hydroxylation is 1. The van der Waals surface area contributed by atoms with Gasteiger partial charge >= 0.3 is 0 Å². The molecule has 0 saturated heterocycles. The Hall–Kier alpha value is -3.45. The van der Waals surface area contributed by atoms with E-state index in [1.54, 1.807) is 16.8 Å². The number of aromatic nitrogens is 4. The van der Waals surface area contributed by atoms with Gasteiger partial charge in [-0.3, -0.25) is 14.0 Å². The van der Waals surface area contributed by atoms with Crippen molar-refractivity contribution in [3.8, 4) is 17.1 Å². The van der Waals surface area contributed by atoms with Crippen molar-refractivity contribution >= 4 is 17.0 Å². The van der Waals surface area contributed by atoms with Crippen molar-refractivity contribution in [2.45, 2.75) is 39.7 Å². The summed E-state index contributed by atoms with van der Waals surface area (Å²) in [5.74, 6) is 1.39. The molecule has 1 aromatic carbocycles. The van der Waals surface area contributed by atoms with E-state index in [4.69, 9.17) is 4.42 Å². The number of allylic oxidation sites excluding steroid dienone is 1. The normalized spacial score (nSPS) is 13.5. The number of oxazole rings is 1. The van der Waals surface area contributed by atoms with Crippen molar-refractivity contribution in [2.75, 3.05) is 20.1 Å². The van der Waals surface area contributed by atoms with Crippen LogP contribution < -0.4 is 5.56 Å². The molecule has 4 aromatic rings. The molecule has 3 heterocycles. The van der Waals surface area contributed by atoms with E-state index in [9.17, 15) is 4.79 Å². The van der Waals surface area contributed by atoms with Gasteiger partial charge in [-0.1, -0.05) is 12.5 Å². The number of hydrogen-bond acceptors (Lipinski definition) is 5. The van der Waals surface area contributed by atoms with Gasteiger partial charge in [0, 0.05) is 41.9 Å². The smallest absolute Gasteiger partial charge is 0.255 e. The van der Waals surface area contributed by atoms with Crippen LogP contribution in [0, 0.1) is 0 Å². The Morgan fingerprint density at radius 2 is 2.03 bits per heavy atom. The number of likely N-dealkylation sites (N-methyl/N-ethyl adjacent to an activating group) is 1. The first-order chi connectivity index (χ1) is 16.0. The van der Waals surface area contributed by atoms with Crippen LogP contribution >= 0.6 is 0 Å². The van der Waals surface area contributed by atoms with Gasteiger partial charge < -0.3 is 9.32 Å². The Labute approximate surface area is 193 Å². The topological polar surface area (TPSA) is 69.1 Å². The van der Waals surface area contributed by atoms with Gasteiger partial charge in [-0.2, -0.15) is 5.10 Å². The first kappa shape index (κ1) is 21.4. The van der Waals surface area contributed by atoms with E-state index < -0.39 is 0 Å². The Morgan fingerprint density at radius 1 is 1.15 bits per heavy atom. The number of fused-ring (bicyclic) bond motifs is 2. The van der Waals surface area contributed by atoms with Crippen molar-refractivity contribution < 1.29 is 4.42 Å². The maximum absolute atomic E-state index is 12.9. The van der Waals surface area contributed by atoms with Crippen LogP contribution in [0.3, 0.4) is 0 Å². The van der Waals surface area contributed by atoms with Crippen LogP contribution in [0.5, 0.6) is 0 Å². The van der Waals surface area contributed by atoms with Crippen molar-refractivity contribution in [3.63, 3.8) is 0 Å². The standard InChI is InChI=1S/C26H29N5O2/c1-4-10-29(3)12-13-31-23-7-6-21(15-20(23)17-27-31)30-11-9-19(16-25(30)32)26-28-22-14-18(2)5-8-24(22)33-26/h6-7,9,11,14-17H,4-5,8,10,12-13H2,1-3H3. The van der Waals surface area contributed by atoms with Crippen LogP contribution in [0.25, 0.3) is 34.1 Å². The molecule has 0 N–H and O–H groups in total. The molecule has 170 valence electrons. The summed E-state index contributed by atoms with van der Waals surface area (Å²) in [6.45, 7) is 7.15. The molecule has 1 aliphatic carbocycles. The molecule has 1 aliphatic rings. The molecule has 0 unspecified atom stereocenters. The van der Waals surface area contributed by atoms with Gasteiger partial charge in [0.1, 0.15) is 11.5 Å². The third-order valence-corrected chi connectivity index (χ3v) is 6.23. The van der Waals surface area contributed by atoms with Gasteiger partial charge in [-0.25, -0.2) is 4.98 Å². The lowest BCUT2D eigenvalue weighted by Gasteiger charge is -2.15. The maximum Gasteiger partial charge on any atom is 0.255 e. The molecule has 0 bridgehead atoms. The van der Waals surface area contributed by atoms with E-state index in [-0.39, 0.29) is 5.56 Å². The number of hydrogen-bond donors (Lipinski definition) is 0. The summed E-state index contributed by atoms with van der Waals surface area (Å²) in [7, 11) is 2.13. The summed E-state index contributed by atoms with van der Waals surface area (Å²) < 4.78 is 9.60. The Balaban J connectivity index is 1.39. The average Bonchev–Trinajstić information content (AvgIpc) is 3.41. The first-order valence-electron chi connectivity index (χ1n) is 11.6. The molecule has 0 fully saturated rings. The SMILES string of the molecule is CCCN(C)CCn1ncc2cc(-n3ccc(-c4nc5c(o4)CCC(C)=C5)cc3=O)ccc21. The highest BCUT2D eigenvalue weighted by molar-refractivity contribution is 5.81. The molecule has 0 radical (unpaired) electrons. The highest BCUT2D eigenvalue weighted by Crippen LogP contribution is 2.28. The van der Waals surface area contributed by atoms with E-state index in [1.165, 1.54) is 5.57 Å². The van der Waals surface area contributed by atoms with E-state index in [0.717, 1.165) is 66.9 Å². The lowest BCUT2D eigenvalue weighted by Crippen LogP contribution is -2.24. The van der Waals surface area contributed by atoms with Gasteiger partial charge in [-0.05, 0) is 63.7 Å². The lowest BCUT2D eigenvalue weighted by molar-refractivity contribution is 0.315. The van der Waals surface area contributed by atoms with Gasteiger partial charge in [0.15, 0.2) is 0 Å². The van der Waals surface area contributed by atoms with Gasteiger partial charge in [-0.15, -0.1) is 0 Å². The summed E-state index contributed by atoms with van der Waals surface area (Å²) >= 11 is 0. The summed E-state index contributed by atoms with van der Waals surface area (Å²) in [6.07, 6.45) is 8.69. The third-order valence-electron chi connectivity index (χ3n) is 6.23. The molecular formula is C26H29N5O2. The predicted octanol–water partition coefficient (Wildman–Crippen LogP) is 4.53. The molecule has 0 spiro atoms. The molecule has 7 heteroatoms. The van der Waals surface area contributed by atoms with Crippen LogP contribution in [-0.2, 0) is 13.0 Å². The zero-order valence-corrected chi connectivity index (χ0v) is 19.4. The summed E-state index contributed by atoms with van der Waals surface area (Å²) in [6, 6.07) is 9.48. The molecule has 7 nitrogen and oxygen atoms in total. The quantitative estimate of drug-likeness (QED) is 0.420. The minimum absolute atomic E-state index is 0.122. The number of pyridine rings is 1. The van der Waals surface area contributed by atoms with Crippen LogP contribution in [0.2, 0.25) is 0 Å². The molecule has 33 heavy (non-hydrogen) atoms. The lowest BCUT2D eigenvalue weighted by atomic mass is 10.0. The fourth-order valence-corrected chi connectivity index (χ4v) is 4.38. The number of nitrogens with zero attached hydrogens (tertiary/aromatic N) is 5. The molecule has 0 amide bonds. The average molecular weight is 444 g/mol. The maximum atomic E-state index is 12.9. The van der Waals surface area contributed by atoms with Gasteiger partial charge in [0.05, 0.1) is 18.3 Å². The number of benzene rings is 1. The Bertz CT molecular complexity index is 1390. The fourth-order valence-electron chi connectivity index (χ4n) is 4.38. The van der Waals surface area contributed by atoms with E-state index in [2.05, 4.69) is 42.0 Å². The van der Waals surface area contributed by atoms with Gasteiger partial charge in [0.2, 0.25) is 5.89 Å². The van der Waals surface area contributed by atoms with Crippen molar-refractivity contribution in [1.29, 1.82) is 0 Å². The van der Waals surface area contributed by atoms with Crippen molar-refractivity contribution in [1.82, 2.24) is 24.2 Å². The summed E-state index contributed by atoms with van der Waals surface area (Å²) in [5.41, 5.74) is 4.63. The minimum atomic E-state index is -0.122. The van der Waals surface area contributed by atoms with Crippen LogP contribution in [0.1, 0.15) is 38.1 Å². The molecular weight excluding hydrogens is 414 g/mol. The summed E-state index contributed by atoms with van der Waals surface area (Å²) in [4.78, 5) is 19.8. The van der Waals surface area contributed by atoms with Crippen LogP contribution in [0.4, 0.5) is 0 Å². The van der Waals surface area contributed by atoms with Crippen LogP contribution in [-0.4, -0.2) is 44.4 Å². The molecule has 0 saturated carbocycles. The molecule has 5 rings (SSSR count). The second-order valence-electron chi connectivity index (χ2n) is 8.86. The van der Waals surface area contributed by atoms with Crippen molar-refractivity contribution in [2.24, 2.45) is 0 Å². The largest absolute Gasteiger partial charge is 0.441 e. The zero-order chi connectivity index (χ0) is 22.9. The molecule has 3 aromatic heterocycles. The second kappa shape index (κ2) is 8.83. The highest BCUT2D eigenvalue weighted by Gasteiger charge is 2.17. The fraction of sp³-hybridized carbons (Fsp3) is 0.346.